The Morgan fingerprint density at radius 1 is 1.25 bits per heavy atom. The molecule has 1 atom stereocenters. The lowest BCUT2D eigenvalue weighted by molar-refractivity contribution is 0.409. The topological polar surface area (TPSA) is 21.3 Å². The van der Waals surface area contributed by atoms with Crippen molar-refractivity contribution < 1.29 is 9.13 Å². The molecule has 0 saturated carbocycles. The number of anilines is 1. The molecule has 0 spiro atoms. The van der Waals surface area contributed by atoms with Gasteiger partial charge in [0.25, 0.3) is 0 Å². The molecule has 1 N–H and O–H groups in total. The number of ether oxygens (including phenoxy) is 1. The van der Waals surface area contributed by atoms with E-state index >= 15 is 0 Å². The molecule has 2 nitrogen and oxygen atoms in total. The van der Waals surface area contributed by atoms with Crippen molar-refractivity contribution in [2.75, 3.05) is 12.4 Å². The Labute approximate surface area is 123 Å². The first-order chi connectivity index (χ1) is 9.60. The predicted octanol–water partition coefficient (Wildman–Crippen LogP) is 4.53. The van der Waals surface area contributed by atoms with Gasteiger partial charge in [-0.05, 0) is 43.2 Å². The Hall–Kier alpha value is -1.74. The molecule has 0 aromatic heterocycles. The summed E-state index contributed by atoms with van der Waals surface area (Å²) in [6.07, 6.45) is 0.805. The van der Waals surface area contributed by atoms with Crippen molar-refractivity contribution in [2.24, 2.45) is 0 Å². The van der Waals surface area contributed by atoms with Crippen molar-refractivity contribution in [1.29, 1.82) is 0 Å². The zero-order valence-electron chi connectivity index (χ0n) is 11.5. The quantitative estimate of drug-likeness (QED) is 0.874. The van der Waals surface area contributed by atoms with E-state index in [-0.39, 0.29) is 11.1 Å². The maximum Gasteiger partial charge on any atom is 0.141 e. The minimum atomic E-state index is -0.408. The van der Waals surface area contributed by atoms with Crippen molar-refractivity contribution in [3.05, 3.63) is 58.9 Å². The van der Waals surface area contributed by atoms with Gasteiger partial charge in [-0.15, -0.1) is 0 Å². The minimum absolute atomic E-state index is 0.125. The summed E-state index contributed by atoms with van der Waals surface area (Å²) in [7, 11) is 1.66. The van der Waals surface area contributed by atoms with Crippen LogP contribution in [0, 0.1) is 5.82 Å². The van der Waals surface area contributed by atoms with Crippen LogP contribution in [0.15, 0.2) is 42.5 Å². The minimum Gasteiger partial charge on any atom is -0.496 e. The zero-order valence-corrected chi connectivity index (χ0v) is 12.2. The van der Waals surface area contributed by atoms with E-state index in [0.29, 0.717) is 0 Å². The third kappa shape index (κ3) is 3.64. The number of methoxy groups -OCH3 is 1. The van der Waals surface area contributed by atoms with Crippen molar-refractivity contribution in [1.82, 2.24) is 0 Å². The summed E-state index contributed by atoms with van der Waals surface area (Å²) >= 11 is 5.77. The molecule has 20 heavy (non-hydrogen) atoms. The first kappa shape index (κ1) is 14.7. The van der Waals surface area contributed by atoms with Crippen LogP contribution in [0.4, 0.5) is 10.1 Å². The van der Waals surface area contributed by atoms with Gasteiger partial charge in [-0.3, -0.25) is 0 Å². The molecule has 4 heteroatoms. The van der Waals surface area contributed by atoms with Gasteiger partial charge in [0.05, 0.1) is 12.1 Å². The molecule has 0 heterocycles. The molecule has 0 radical (unpaired) electrons. The molecule has 0 aliphatic carbocycles. The van der Waals surface area contributed by atoms with E-state index in [0.717, 1.165) is 23.4 Å². The molecule has 2 rings (SSSR count). The highest BCUT2D eigenvalue weighted by molar-refractivity contribution is 6.31. The van der Waals surface area contributed by atoms with Gasteiger partial charge in [-0.25, -0.2) is 4.39 Å². The fourth-order valence-corrected chi connectivity index (χ4v) is 2.30. The molecule has 0 bridgehead atoms. The van der Waals surface area contributed by atoms with Gasteiger partial charge >= 0.3 is 0 Å². The van der Waals surface area contributed by atoms with Crippen molar-refractivity contribution in [3.8, 4) is 5.75 Å². The third-order valence-corrected chi connectivity index (χ3v) is 3.34. The number of hydrogen-bond acceptors (Lipinski definition) is 2. The van der Waals surface area contributed by atoms with Gasteiger partial charge in [0, 0.05) is 11.7 Å². The van der Waals surface area contributed by atoms with E-state index < -0.39 is 5.82 Å². The van der Waals surface area contributed by atoms with Gasteiger partial charge in [0.15, 0.2) is 0 Å². The normalized spacial score (nSPS) is 12.0. The molecule has 0 saturated heterocycles. The van der Waals surface area contributed by atoms with Gasteiger partial charge in [0.1, 0.15) is 11.6 Å². The number of para-hydroxylation sites is 1. The fourth-order valence-electron chi connectivity index (χ4n) is 2.12. The summed E-state index contributed by atoms with van der Waals surface area (Å²) in [6, 6.07) is 12.7. The average Bonchev–Trinajstić information content (AvgIpc) is 2.43. The maximum atomic E-state index is 13.1. The maximum absolute atomic E-state index is 13.1. The highest BCUT2D eigenvalue weighted by Gasteiger charge is 2.09. The Morgan fingerprint density at radius 2 is 2.00 bits per heavy atom. The fraction of sp³-hybridized carbons (Fsp3) is 0.250. The smallest absolute Gasteiger partial charge is 0.141 e. The third-order valence-electron chi connectivity index (χ3n) is 3.05. The SMILES string of the molecule is COc1ccccc1C[C@H](C)Nc1ccc(F)c(Cl)c1. The van der Waals surface area contributed by atoms with Crippen LogP contribution in [0.3, 0.4) is 0 Å². The van der Waals surface area contributed by atoms with Crippen LogP contribution in [-0.2, 0) is 6.42 Å². The van der Waals surface area contributed by atoms with Crippen LogP contribution in [0.25, 0.3) is 0 Å². The van der Waals surface area contributed by atoms with Crippen molar-refractivity contribution in [2.45, 2.75) is 19.4 Å². The molecular weight excluding hydrogens is 277 g/mol. The molecule has 2 aromatic carbocycles. The van der Waals surface area contributed by atoms with Crippen LogP contribution in [-0.4, -0.2) is 13.2 Å². The summed E-state index contributed by atoms with van der Waals surface area (Å²) in [5, 5.41) is 3.43. The van der Waals surface area contributed by atoms with Crippen LogP contribution >= 0.6 is 11.6 Å². The molecule has 0 aliphatic rings. The van der Waals surface area contributed by atoms with E-state index in [1.54, 1.807) is 19.2 Å². The Balaban J connectivity index is 2.05. The van der Waals surface area contributed by atoms with Crippen molar-refractivity contribution >= 4 is 17.3 Å². The lowest BCUT2D eigenvalue weighted by atomic mass is 10.1. The zero-order chi connectivity index (χ0) is 14.5. The van der Waals surface area contributed by atoms with Crippen LogP contribution in [0.2, 0.25) is 5.02 Å². The highest BCUT2D eigenvalue weighted by Crippen LogP contribution is 2.22. The molecule has 2 aromatic rings. The monoisotopic (exact) mass is 293 g/mol. The first-order valence-corrected chi connectivity index (χ1v) is 6.81. The molecular formula is C16H17ClFNO. The molecule has 0 unspecified atom stereocenters. The Morgan fingerprint density at radius 3 is 2.70 bits per heavy atom. The van der Waals surface area contributed by atoms with Crippen LogP contribution in [0.5, 0.6) is 5.75 Å². The van der Waals surface area contributed by atoms with Crippen LogP contribution < -0.4 is 10.1 Å². The molecule has 0 aliphatic heterocycles. The lowest BCUT2D eigenvalue weighted by Crippen LogP contribution is -2.18. The second kappa shape index (κ2) is 6.62. The Kier molecular flexibility index (Phi) is 4.85. The summed E-state index contributed by atoms with van der Waals surface area (Å²) in [6.45, 7) is 2.06. The summed E-state index contributed by atoms with van der Waals surface area (Å²) in [5.74, 6) is 0.466. The summed E-state index contributed by atoms with van der Waals surface area (Å²) in [4.78, 5) is 0. The predicted molar refractivity (Wildman–Crippen MR) is 81.2 cm³/mol. The standard InChI is InChI=1S/C16H17ClFNO/c1-11(9-12-5-3-4-6-16(12)20-2)19-13-7-8-15(18)14(17)10-13/h3-8,10-11,19H,9H2,1-2H3/t11-/m0/s1. The molecule has 0 amide bonds. The van der Waals surface area contributed by atoms with Gasteiger partial charge in [0.2, 0.25) is 0 Å². The van der Waals surface area contributed by atoms with Gasteiger partial charge < -0.3 is 10.1 Å². The summed E-state index contributed by atoms with van der Waals surface area (Å²) < 4.78 is 18.4. The molecule has 106 valence electrons. The highest BCUT2D eigenvalue weighted by atomic mass is 35.5. The van der Waals surface area contributed by atoms with Crippen molar-refractivity contribution in [3.63, 3.8) is 0 Å². The number of halogens is 2. The number of benzene rings is 2. The van der Waals surface area contributed by atoms with E-state index in [9.17, 15) is 4.39 Å². The first-order valence-electron chi connectivity index (χ1n) is 6.43. The molecule has 0 fully saturated rings. The number of nitrogens with one attached hydrogen (secondary N) is 1. The number of rotatable bonds is 5. The van der Waals surface area contributed by atoms with E-state index in [1.807, 2.05) is 24.3 Å². The second-order valence-electron chi connectivity index (χ2n) is 4.69. The van der Waals surface area contributed by atoms with E-state index in [2.05, 4.69) is 12.2 Å². The lowest BCUT2D eigenvalue weighted by Gasteiger charge is -2.17. The summed E-state index contributed by atoms with van der Waals surface area (Å²) in [5.41, 5.74) is 1.93. The van der Waals surface area contributed by atoms with Gasteiger partial charge in [-0.2, -0.15) is 0 Å². The largest absolute Gasteiger partial charge is 0.496 e. The Bertz CT molecular complexity index is 588. The van der Waals surface area contributed by atoms with E-state index in [4.69, 9.17) is 16.3 Å². The van der Waals surface area contributed by atoms with Gasteiger partial charge in [-0.1, -0.05) is 29.8 Å². The average molecular weight is 294 g/mol. The second-order valence-corrected chi connectivity index (χ2v) is 5.10. The van der Waals surface area contributed by atoms with E-state index in [1.165, 1.54) is 6.07 Å². The number of hydrogen-bond donors (Lipinski definition) is 1. The van der Waals surface area contributed by atoms with Crippen LogP contribution in [0.1, 0.15) is 12.5 Å².